The number of hydrogen-bond donors (Lipinski definition) is 1. The monoisotopic (exact) mass is 424 g/mol. The summed E-state index contributed by atoms with van der Waals surface area (Å²) in [6.07, 6.45) is 1.76. The lowest BCUT2D eigenvalue weighted by Gasteiger charge is -2.12. The van der Waals surface area contributed by atoms with Gasteiger partial charge in [0.05, 0.1) is 12.9 Å². The lowest BCUT2D eigenvalue weighted by molar-refractivity contribution is -0.113. The number of hydrogen-bond acceptors (Lipinski definition) is 6. The average Bonchev–Trinajstić information content (AvgIpc) is 3.14. The Bertz CT molecular complexity index is 1000. The van der Waals surface area contributed by atoms with Crippen molar-refractivity contribution in [3.05, 3.63) is 72.6 Å². The molecule has 0 aliphatic rings. The van der Waals surface area contributed by atoms with Crippen LogP contribution in [0.2, 0.25) is 0 Å². The summed E-state index contributed by atoms with van der Waals surface area (Å²) in [5, 5.41) is 11.9. The van der Waals surface area contributed by atoms with Crippen LogP contribution in [-0.4, -0.2) is 33.5 Å². The smallest absolute Gasteiger partial charge is 0.234 e. The Balaban J connectivity index is 1.64. The Morgan fingerprint density at radius 1 is 1.20 bits per heavy atom. The summed E-state index contributed by atoms with van der Waals surface area (Å²) in [6, 6.07) is 15.1. The summed E-state index contributed by atoms with van der Waals surface area (Å²) < 4.78 is 13.2. The van der Waals surface area contributed by atoms with E-state index in [1.54, 1.807) is 13.2 Å². The molecule has 1 aromatic heterocycles. The first-order valence-corrected chi connectivity index (χ1v) is 10.4. The van der Waals surface area contributed by atoms with Crippen LogP contribution in [0, 0.1) is 6.92 Å². The number of aryl methyl sites for hydroxylation is 1. The highest BCUT2D eigenvalue weighted by Gasteiger charge is 2.15. The van der Waals surface area contributed by atoms with Gasteiger partial charge in [0.1, 0.15) is 6.61 Å². The summed E-state index contributed by atoms with van der Waals surface area (Å²) in [6.45, 7) is 6.52. The molecule has 156 valence electrons. The number of methoxy groups -OCH3 is 1. The van der Waals surface area contributed by atoms with E-state index in [0.717, 1.165) is 11.3 Å². The molecule has 7 nitrogen and oxygen atoms in total. The first-order chi connectivity index (χ1) is 14.6. The van der Waals surface area contributed by atoms with E-state index in [1.807, 2.05) is 60.0 Å². The lowest BCUT2D eigenvalue weighted by Crippen LogP contribution is -2.15. The van der Waals surface area contributed by atoms with E-state index in [-0.39, 0.29) is 18.3 Å². The molecule has 0 bridgehead atoms. The van der Waals surface area contributed by atoms with Crippen molar-refractivity contribution >= 4 is 23.4 Å². The van der Waals surface area contributed by atoms with E-state index in [9.17, 15) is 4.79 Å². The molecule has 30 heavy (non-hydrogen) atoms. The van der Waals surface area contributed by atoms with Crippen molar-refractivity contribution in [1.82, 2.24) is 14.8 Å². The number of carbonyl (C=O) groups excluding carboxylic acids is 1. The molecule has 0 unspecified atom stereocenters. The lowest BCUT2D eigenvalue weighted by atomic mass is 10.2. The van der Waals surface area contributed by atoms with Gasteiger partial charge in [-0.15, -0.1) is 16.8 Å². The zero-order valence-corrected chi connectivity index (χ0v) is 17.8. The standard InChI is InChI=1S/C22H24N4O3S/c1-4-12-26-20(14-29-18-11-10-16(2)13-19(18)28-3)24-25-22(26)30-15-21(27)23-17-8-6-5-7-9-17/h4-11,13H,1,12,14-15H2,2-3H3,(H,23,27). The van der Waals surface area contributed by atoms with Crippen LogP contribution in [0.3, 0.4) is 0 Å². The predicted octanol–water partition coefficient (Wildman–Crippen LogP) is 4.09. The van der Waals surface area contributed by atoms with E-state index in [0.29, 0.717) is 29.0 Å². The van der Waals surface area contributed by atoms with Crippen LogP contribution >= 0.6 is 11.8 Å². The number of ether oxygens (including phenoxy) is 2. The van der Waals surface area contributed by atoms with Gasteiger partial charge in [0.25, 0.3) is 0 Å². The Labute approximate surface area is 180 Å². The summed E-state index contributed by atoms with van der Waals surface area (Å²) in [4.78, 5) is 12.2. The fourth-order valence-electron chi connectivity index (χ4n) is 2.73. The second-order valence-electron chi connectivity index (χ2n) is 6.44. The van der Waals surface area contributed by atoms with Gasteiger partial charge in [0.15, 0.2) is 22.5 Å². The second-order valence-corrected chi connectivity index (χ2v) is 7.39. The average molecular weight is 425 g/mol. The Morgan fingerprint density at radius 2 is 2.00 bits per heavy atom. The SMILES string of the molecule is C=CCn1c(COc2ccc(C)cc2OC)nnc1SCC(=O)Nc1ccccc1. The third kappa shape index (κ3) is 5.64. The number of nitrogens with one attached hydrogen (secondary N) is 1. The largest absolute Gasteiger partial charge is 0.493 e. The molecular formula is C22H24N4O3S. The van der Waals surface area contributed by atoms with E-state index in [1.165, 1.54) is 11.8 Å². The number of allylic oxidation sites excluding steroid dienone is 1. The van der Waals surface area contributed by atoms with E-state index in [4.69, 9.17) is 9.47 Å². The molecule has 0 fully saturated rings. The molecule has 0 aliphatic heterocycles. The molecular weight excluding hydrogens is 400 g/mol. The molecule has 0 radical (unpaired) electrons. The van der Waals surface area contributed by atoms with Gasteiger partial charge in [0, 0.05) is 12.2 Å². The normalized spacial score (nSPS) is 10.5. The third-order valence-electron chi connectivity index (χ3n) is 4.17. The number of anilines is 1. The highest BCUT2D eigenvalue weighted by molar-refractivity contribution is 7.99. The molecule has 1 amide bonds. The first kappa shape index (κ1) is 21.4. The number of para-hydroxylation sites is 1. The molecule has 1 heterocycles. The van der Waals surface area contributed by atoms with Crippen LogP contribution in [-0.2, 0) is 17.9 Å². The van der Waals surface area contributed by atoms with Gasteiger partial charge in [-0.25, -0.2) is 0 Å². The third-order valence-corrected chi connectivity index (χ3v) is 5.14. The number of aromatic nitrogens is 3. The number of rotatable bonds is 10. The minimum atomic E-state index is -0.110. The summed E-state index contributed by atoms with van der Waals surface area (Å²) in [5.74, 6) is 2.05. The quantitative estimate of drug-likeness (QED) is 0.390. The number of nitrogens with zero attached hydrogens (tertiary/aromatic N) is 3. The van der Waals surface area contributed by atoms with Gasteiger partial charge in [-0.1, -0.05) is 42.1 Å². The Kier molecular flexibility index (Phi) is 7.51. The zero-order chi connectivity index (χ0) is 21.3. The van der Waals surface area contributed by atoms with Gasteiger partial charge in [-0.2, -0.15) is 0 Å². The number of benzene rings is 2. The van der Waals surface area contributed by atoms with Crippen molar-refractivity contribution in [2.45, 2.75) is 25.2 Å². The Morgan fingerprint density at radius 3 is 2.73 bits per heavy atom. The van der Waals surface area contributed by atoms with Crippen LogP contribution < -0.4 is 14.8 Å². The number of amides is 1. The second kappa shape index (κ2) is 10.5. The van der Waals surface area contributed by atoms with Crippen LogP contribution in [0.25, 0.3) is 0 Å². The Hall–Kier alpha value is -3.26. The molecule has 0 atom stereocenters. The summed E-state index contributed by atoms with van der Waals surface area (Å²) in [5.41, 5.74) is 1.85. The predicted molar refractivity (Wildman–Crippen MR) is 118 cm³/mol. The van der Waals surface area contributed by atoms with Crippen LogP contribution in [0.5, 0.6) is 11.5 Å². The van der Waals surface area contributed by atoms with Crippen molar-refractivity contribution in [3.63, 3.8) is 0 Å². The minimum absolute atomic E-state index is 0.110. The first-order valence-electron chi connectivity index (χ1n) is 9.39. The highest BCUT2D eigenvalue weighted by atomic mass is 32.2. The molecule has 2 aromatic carbocycles. The molecule has 0 saturated heterocycles. The van der Waals surface area contributed by atoms with Crippen molar-refractivity contribution in [2.75, 3.05) is 18.2 Å². The molecule has 0 spiro atoms. The zero-order valence-electron chi connectivity index (χ0n) is 17.0. The molecule has 8 heteroatoms. The molecule has 0 saturated carbocycles. The van der Waals surface area contributed by atoms with Crippen molar-refractivity contribution < 1.29 is 14.3 Å². The van der Waals surface area contributed by atoms with Gasteiger partial charge < -0.3 is 14.8 Å². The van der Waals surface area contributed by atoms with Crippen LogP contribution in [0.4, 0.5) is 5.69 Å². The van der Waals surface area contributed by atoms with Crippen molar-refractivity contribution in [2.24, 2.45) is 0 Å². The van der Waals surface area contributed by atoms with Crippen LogP contribution in [0.15, 0.2) is 66.3 Å². The van der Waals surface area contributed by atoms with Crippen LogP contribution in [0.1, 0.15) is 11.4 Å². The van der Waals surface area contributed by atoms with Gasteiger partial charge in [-0.05, 0) is 36.8 Å². The van der Waals surface area contributed by atoms with E-state index >= 15 is 0 Å². The topological polar surface area (TPSA) is 78.3 Å². The maximum absolute atomic E-state index is 12.2. The van der Waals surface area contributed by atoms with E-state index < -0.39 is 0 Å². The summed E-state index contributed by atoms with van der Waals surface area (Å²) >= 11 is 1.32. The molecule has 0 aliphatic carbocycles. The maximum Gasteiger partial charge on any atom is 0.234 e. The van der Waals surface area contributed by atoms with Gasteiger partial charge in [-0.3, -0.25) is 9.36 Å². The fraction of sp³-hybridized carbons (Fsp3) is 0.227. The van der Waals surface area contributed by atoms with Gasteiger partial charge in [0.2, 0.25) is 5.91 Å². The molecule has 3 rings (SSSR count). The van der Waals surface area contributed by atoms with Gasteiger partial charge >= 0.3 is 0 Å². The highest BCUT2D eigenvalue weighted by Crippen LogP contribution is 2.28. The van der Waals surface area contributed by atoms with E-state index in [2.05, 4.69) is 22.1 Å². The fourth-order valence-corrected chi connectivity index (χ4v) is 3.50. The maximum atomic E-state index is 12.2. The summed E-state index contributed by atoms with van der Waals surface area (Å²) in [7, 11) is 1.61. The molecule has 3 aromatic rings. The van der Waals surface area contributed by atoms with Crippen molar-refractivity contribution in [1.29, 1.82) is 0 Å². The minimum Gasteiger partial charge on any atom is -0.493 e. The van der Waals surface area contributed by atoms with Crippen molar-refractivity contribution in [3.8, 4) is 11.5 Å². The number of thioether (sulfide) groups is 1. The number of carbonyl (C=O) groups is 1. The molecule has 1 N–H and O–H groups in total.